The normalized spacial score (nSPS) is 12.4. The SMILES string of the molecule is CCCc1ccc(C(N)Cc2ccc(F)c(F)c2)cc1. The van der Waals surface area contributed by atoms with Gasteiger partial charge in [0.1, 0.15) is 0 Å². The maximum atomic E-state index is 13.2. The molecule has 0 saturated carbocycles. The average molecular weight is 275 g/mol. The number of benzene rings is 2. The summed E-state index contributed by atoms with van der Waals surface area (Å²) in [5, 5.41) is 0. The second-order valence-electron chi connectivity index (χ2n) is 5.05. The Bertz CT molecular complexity index is 564. The lowest BCUT2D eigenvalue weighted by molar-refractivity contribution is 0.506. The third-order valence-corrected chi connectivity index (χ3v) is 3.39. The van der Waals surface area contributed by atoms with E-state index in [9.17, 15) is 8.78 Å². The average Bonchev–Trinajstić information content (AvgIpc) is 2.44. The fourth-order valence-electron chi connectivity index (χ4n) is 2.26. The van der Waals surface area contributed by atoms with Crippen LogP contribution in [0, 0.1) is 11.6 Å². The first-order valence-electron chi connectivity index (χ1n) is 6.88. The van der Waals surface area contributed by atoms with E-state index >= 15 is 0 Å². The molecule has 1 atom stereocenters. The van der Waals surface area contributed by atoms with Crippen molar-refractivity contribution in [2.45, 2.75) is 32.2 Å². The maximum Gasteiger partial charge on any atom is 0.159 e. The van der Waals surface area contributed by atoms with Gasteiger partial charge in [0.05, 0.1) is 0 Å². The van der Waals surface area contributed by atoms with E-state index in [0.29, 0.717) is 12.0 Å². The Labute approximate surface area is 118 Å². The van der Waals surface area contributed by atoms with Gasteiger partial charge in [0.25, 0.3) is 0 Å². The minimum Gasteiger partial charge on any atom is -0.324 e. The predicted octanol–water partition coefficient (Wildman–Crippen LogP) is 4.16. The van der Waals surface area contributed by atoms with Crippen molar-refractivity contribution in [3.05, 3.63) is 70.8 Å². The Hall–Kier alpha value is -1.74. The van der Waals surface area contributed by atoms with Crippen molar-refractivity contribution in [2.75, 3.05) is 0 Å². The molecule has 1 nitrogen and oxygen atoms in total. The van der Waals surface area contributed by atoms with Gasteiger partial charge in [0, 0.05) is 6.04 Å². The third kappa shape index (κ3) is 3.64. The van der Waals surface area contributed by atoms with Crippen LogP contribution in [0.1, 0.15) is 36.1 Å². The summed E-state index contributed by atoms with van der Waals surface area (Å²) < 4.78 is 26.0. The van der Waals surface area contributed by atoms with Crippen LogP contribution in [-0.2, 0) is 12.8 Å². The number of hydrogen-bond acceptors (Lipinski definition) is 1. The van der Waals surface area contributed by atoms with Gasteiger partial charge in [-0.2, -0.15) is 0 Å². The smallest absolute Gasteiger partial charge is 0.159 e. The van der Waals surface area contributed by atoms with E-state index in [4.69, 9.17) is 5.73 Å². The molecule has 0 fully saturated rings. The molecule has 0 saturated heterocycles. The van der Waals surface area contributed by atoms with Crippen LogP contribution in [0.5, 0.6) is 0 Å². The molecule has 2 N–H and O–H groups in total. The molecule has 0 amide bonds. The highest BCUT2D eigenvalue weighted by Crippen LogP contribution is 2.18. The van der Waals surface area contributed by atoms with Gasteiger partial charge in [0.15, 0.2) is 11.6 Å². The van der Waals surface area contributed by atoms with Gasteiger partial charge in [-0.25, -0.2) is 8.78 Å². The summed E-state index contributed by atoms with van der Waals surface area (Å²) in [5.41, 5.74) is 9.12. The van der Waals surface area contributed by atoms with E-state index < -0.39 is 11.6 Å². The fraction of sp³-hybridized carbons (Fsp3) is 0.294. The summed E-state index contributed by atoms with van der Waals surface area (Å²) >= 11 is 0. The molecule has 0 bridgehead atoms. The Balaban J connectivity index is 2.06. The molecule has 20 heavy (non-hydrogen) atoms. The van der Waals surface area contributed by atoms with E-state index in [2.05, 4.69) is 19.1 Å². The minimum absolute atomic E-state index is 0.212. The molecular weight excluding hydrogens is 256 g/mol. The van der Waals surface area contributed by atoms with Crippen molar-refractivity contribution in [3.8, 4) is 0 Å². The Kier molecular flexibility index (Phi) is 4.85. The minimum atomic E-state index is -0.828. The Morgan fingerprint density at radius 2 is 1.60 bits per heavy atom. The molecule has 3 heteroatoms. The molecule has 0 aliphatic carbocycles. The van der Waals surface area contributed by atoms with Gasteiger partial charge in [-0.05, 0) is 41.7 Å². The molecule has 0 aliphatic heterocycles. The second-order valence-corrected chi connectivity index (χ2v) is 5.05. The van der Waals surface area contributed by atoms with Crippen LogP contribution in [0.15, 0.2) is 42.5 Å². The summed E-state index contributed by atoms with van der Waals surface area (Å²) in [4.78, 5) is 0. The number of aryl methyl sites for hydroxylation is 1. The van der Waals surface area contributed by atoms with Crippen LogP contribution in [0.2, 0.25) is 0 Å². The van der Waals surface area contributed by atoms with Gasteiger partial charge >= 0.3 is 0 Å². The Morgan fingerprint density at radius 1 is 0.950 bits per heavy atom. The van der Waals surface area contributed by atoms with Crippen molar-refractivity contribution in [1.29, 1.82) is 0 Å². The number of hydrogen-bond donors (Lipinski definition) is 1. The fourth-order valence-corrected chi connectivity index (χ4v) is 2.26. The third-order valence-electron chi connectivity index (χ3n) is 3.39. The van der Waals surface area contributed by atoms with Crippen LogP contribution in [-0.4, -0.2) is 0 Å². The van der Waals surface area contributed by atoms with Crippen LogP contribution in [0.3, 0.4) is 0 Å². The molecule has 2 aromatic rings. The lowest BCUT2D eigenvalue weighted by Gasteiger charge is -2.13. The molecular formula is C17H19F2N. The van der Waals surface area contributed by atoms with E-state index in [-0.39, 0.29) is 6.04 Å². The summed E-state index contributed by atoms with van der Waals surface area (Å²) in [6.07, 6.45) is 2.66. The van der Waals surface area contributed by atoms with E-state index in [1.807, 2.05) is 12.1 Å². The van der Waals surface area contributed by atoms with Crippen LogP contribution < -0.4 is 5.73 Å². The summed E-state index contributed by atoms with van der Waals surface area (Å²) in [6.45, 7) is 2.14. The molecule has 1 unspecified atom stereocenters. The zero-order valence-corrected chi connectivity index (χ0v) is 11.6. The van der Waals surface area contributed by atoms with Crippen molar-refractivity contribution < 1.29 is 8.78 Å². The molecule has 2 aromatic carbocycles. The maximum absolute atomic E-state index is 13.2. The zero-order valence-electron chi connectivity index (χ0n) is 11.6. The number of halogens is 2. The van der Waals surface area contributed by atoms with E-state index in [1.165, 1.54) is 11.6 Å². The lowest BCUT2D eigenvalue weighted by atomic mass is 9.98. The largest absolute Gasteiger partial charge is 0.324 e. The van der Waals surface area contributed by atoms with Crippen LogP contribution in [0.25, 0.3) is 0 Å². The lowest BCUT2D eigenvalue weighted by Crippen LogP contribution is -2.13. The summed E-state index contributed by atoms with van der Waals surface area (Å²) in [5.74, 6) is -1.65. The van der Waals surface area contributed by atoms with Crippen molar-refractivity contribution in [3.63, 3.8) is 0 Å². The molecule has 0 heterocycles. The van der Waals surface area contributed by atoms with E-state index in [1.54, 1.807) is 6.07 Å². The molecule has 2 rings (SSSR count). The molecule has 106 valence electrons. The van der Waals surface area contributed by atoms with Crippen LogP contribution in [0.4, 0.5) is 8.78 Å². The van der Waals surface area contributed by atoms with Crippen molar-refractivity contribution in [1.82, 2.24) is 0 Å². The van der Waals surface area contributed by atoms with Crippen molar-refractivity contribution >= 4 is 0 Å². The first kappa shape index (κ1) is 14.7. The summed E-state index contributed by atoms with van der Waals surface area (Å²) in [7, 11) is 0. The highest BCUT2D eigenvalue weighted by atomic mass is 19.2. The Morgan fingerprint density at radius 3 is 2.20 bits per heavy atom. The summed E-state index contributed by atoms with van der Waals surface area (Å²) in [6, 6.07) is 11.9. The highest BCUT2D eigenvalue weighted by Gasteiger charge is 2.09. The number of rotatable bonds is 5. The molecule has 0 aliphatic rings. The van der Waals surface area contributed by atoms with Crippen molar-refractivity contribution in [2.24, 2.45) is 5.73 Å². The van der Waals surface area contributed by atoms with E-state index in [0.717, 1.165) is 24.5 Å². The molecule has 0 radical (unpaired) electrons. The van der Waals surface area contributed by atoms with Gasteiger partial charge in [0.2, 0.25) is 0 Å². The first-order chi connectivity index (χ1) is 9.60. The first-order valence-corrected chi connectivity index (χ1v) is 6.88. The topological polar surface area (TPSA) is 26.0 Å². The predicted molar refractivity (Wildman–Crippen MR) is 77.4 cm³/mol. The second kappa shape index (κ2) is 6.62. The van der Waals surface area contributed by atoms with Gasteiger partial charge < -0.3 is 5.73 Å². The van der Waals surface area contributed by atoms with Gasteiger partial charge in [-0.3, -0.25) is 0 Å². The zero-order chi connectivity index (χ0) is 14.5. The van der Waals surface area contributed by atoms with Crippen LogP contribution >= 0.6 is 0 Å². The van der Waals surface area contributed by atoms with Gasteiger partial charge in [-0.1, -0.05) is 43.7 Å². The molecule has 0 aromatic heterocycles. The highest BCUT2D eigenvalue weighted by molar-refractivity contribution is 5.27. The van der Waals surface area contributed by atoms with Gasteiger partial charge in [-0.15, -0.1) is 0 Å². The molecule has 0 spiro atoms. The number of nitrogens with two attached hydrogens (primary N) is 1. The monoisotopic (exact) mass is 275 g/mol. The quantitative estimate of drug-likeness (QED) is 0.871. The standard InChI is InChI=1S/C17H19F2N/c1-2-3-12-4-7-14(8-5-12)17(20)11-13-6-9-15(18)16(19)10-13/h4-10,17H,2-3,11,20H2,1H3.